The largest absolute Gasteiger partial charge is 0.545 e. The molecule has 0 heterocycles. The molecule has 0 fully saturated rings. The van der Waals surface area contributed by atoms with E-state index in [2.05, 4.69) is 86.8 Å². The van der Waals surface area contributed by atoms with Crippen LogP contribution in [0.2, 0.25) is 0 Å². The second-order valence-corrected chi connectivity index (χ2v) is 19.8. The van der Waals surface area contributed by atoms with E-state index >= 15 is 0 Å². The lowest BCUT2D eigenvalue weighted by atomic mass is 10.0. The predicted octanol–water partition coefficient (Wildman–Crippen LogP) is 14.9. The summed E-state index contributed by atoms with van der Waals surface area (Å²) in [5.74, 6) is -2.29. The van der Waals surface area contributed by atoms with Crippen LogP contribution >= 0.6 is 0 Å². The fraction of sp³-hybridized carbons (Fsp3) is 0.750. The van der Waals surface area contributed by atoms with Crippen LogP contribution in [0.5, 0.6) is 0 Å². The molecule has 0 spiro atoms. The zero-order chi connectivity index (χ0) is 50.6. The van der Waals surface area contributed by atoms with E-state index in [4.69, 9.17) is 18.9 Å². The standard InChI is InChI=1S/C60H105NO8/c1-6-8-10-12-14-16-18-20-22-24-25-26-27-28-29-30-31-32-33-35-37-39-41-43-45-47-49-51-58(63)69-56(55-68-60(59(64)65)66-53-52-61(3,4)5)54-67-57(62)50-48-46-44-42-40-38-36-34-23-21-19-17-15-13-11-9-7-2/h8,10,14,16,20-23,25-26,28-29,56,60H,6-7,9,11-13,15,17-19,24,27,30-55H2,1-5H3/b10-8-,16-14-,22-20-,23-21-,26-25-,29-28-. The van der Waals surface area contributed by atoms with E-state index in [1.807, 2.05) is 21.1 Å². The molecule has 398 valence electrons. The van der Waals surface area contributed by atoms with Gasteiger partial charge in [-0.25, -0.2) is 0 Å². The quantitative estimate of drug-likeness (QED) is 0.0195. The third kappa shape index (κ3) is 52.4. The smallest absolute Gasteiger partial charge is 0.306 e. The van der Waals surface area contributed by atoms with Crippen molar-refractivity contribution in [3.8, 4) is 0 Å². The first kappa shape index (κ1) is 65.7. The van der Waals surface area contributed by atoms with E-state index in [-0.39, 0.29) is 38.6 Å². The Labute approximate surface area is 424 Å². The van der Waals surface area contributed by atoms with Gasteiger partial charge < -0.3 is 33.3 Å². The van der Waals surface area contributed by atoms with E-state index in [1.165, 1.54) is 109 Å². The summed E-state index contributed by atoms with van der Waals surface area (Å²) < 4.78 is 22.7. The molecule has 2 unspecified atom stereocenters. The molecule has 2 atom stereocenters. The zero-order valence-corrected chi connectivity index (χ0v) is 45.2. The highest BCUT2D eigenvalue weighted by Crippen LogP contribution is 2.15. The van der Waals surface area contributed by atoms with Gasteiger partial charge in [0.15, 0.2) is 12.4 Å². The maximum atomic E-state index is 12.9. The van der Waals surface area contributed by atoms with Gasteiger partial charge in [0, 0.05) is 12.8 Å². The number of ether oxygens (including phenoxy) is 4. The van der Waals surface area contributed by atoms with Gasteiger partial charge in [0.2, 0.25) is 0 Å². The average molecular weight is 968 g/mol. The SMILES string of the molecule is CC/C=C\C/C=C\C/C=C\C/C=C\C/C=C\CCCCCCCCCCCCCC(=O)OC(COC(=O)CCCCCCCCC/C=C\CCCCCCCC)COC(OCC[N+](C)(C)C)C(=O)[O-]. The van der Waals surface area contributed by atoms with Gasteiger partial charge in [0.05, 0.1) is 40.3 Å². The van der Waals surface area contributed by atoms with E-state index in [1.54, 1.807) is 0 Å². The molecule has 0 amide bonds. The Bertz CT molecular complexity index is 1360. The van der Waals surface area contributed by atoms with E-state index < -0.39 is 24.3 Å². The average Bonchev–Trinajstić information content (AvgIpc) is 3.31. The molecule has 0 aromatic rings. The van der Waals surface area contributed by atoms with Crippen LogP contribution in [0.4, 0.5) is 0 Å². The maximum absolute atomic E-state index is 12.9. The summed E-state index contributed by atoms with van der Waals surface area (Å²) in [6.07, 6.45) is 62.2. The molecule has 69 heavy (non-hydrogen) atoms. The molecule has 0 saturated carbocycles. The summed E-state index contributed by atoms with van der Waals surface area (Å²) in [5, 5.41) is 11.8. The highest BCUT2D eigenvalue weighted by atomic mass is 16.7. The van der Waals surface area contributed by atoms with Gasteiger partial charge in [-0.2, -0.15) is 0 Å². The Morgan fingerprint density at radius 3 is 1.25 bits per heavy atom. The van der Waals surface area contributed by atoms with Crippen molar-refractivity contribution < 1.29 is 42.9 Å². The van der Waals surface area contributed by atoms with Crippen molar-refractivity contribution >= 4 is 17.9 Å². The van der Waals surface area contributed by atoms with Crippen molar-refractivity contribution in [3.05, 3.63) is 72.9 Å². The molecule has 0 N–H and O–H groups in total. The van der Waals surface area contributed by atoms with Crippen molar-refractivity contribution in [2.24, 2.45) is 0 Å². The monoisotopic (exact) mass is 968 g/mol. The minimum Gasteiger partial charge on any atom is -0.545 e. The maximum Gasteiger partial charge on any atom is 0.306 e. The van der Waals surface area contributed by atoms with Gasteiger partial charge in [0.1, 0.15) is 13.2 Å². The van der Waals surface area contributed by atoms with Gasteiger partial charge in [-0.1, -0.05) is 209 Å². The number of allylic oxidation sites excluding steroid dienone is 12. The van der Waals surface area contributed by atoms with Gasteiger partial charge >= 0.3 is 11.9 Å². The number of nitrogens with zero attached hydrogens (tertiary/aromatic N) is 1. The number of aliphatic carboxylic acids is 1. The summed E-state index contributed by atoms with van der Waals surface area (Å²) >= 11 is 0. The summed E-state index contributed by atoms with van der Waals surface area (Å²) in [6.45, 7) is 4.63. The molecule has 0 radical (unpaired) electrons. The highest BCUT2D eigenvalue weighted by Gasteiger charge is 2.22. The molecular formula is C60H105NO8. The van der Waals surface area contributed by atoms with Crippen molar-refractivity contribution in [2.75, 3.05) is 47.5 Å². The van der Waals surface area contributed by atoms with Crippen LogP contribution in [0.3, 0.4) is 0 Å². The molecular weight excluding hydrogens is 863 g/mol. The number of carbonyl (C=O) groups is 3. The van der Waals surface area contributed by atoms with Gasteiger partial charge in [-0.15, -0.1) is 0 Å². The molecule has 0 bridgehead atoms. The third-order valence-corrected chi connectivity index (χ3v) is 11.9. The van der Waals surface area contributed by atoms with Crippen molar-refractivity contribution in [2.45, 2.75) is 245 Å². The van der Waals surface area contributed by atoms with Crippen molar-refractivity contribution in [1.29, 1.82) is 0 Å². The summed E-state index contributed by atoms with van der Waals surface area (Å²) in [6, 6.07) is 0. The fourth-order valence-corrected chi connectivity index (χ4v) is 7.62. The van der Waals surface area contributed by atoms with Crippen LogP contribution in [0.1, 0.15) is 232 Å². The lowest BCUT2D eigenvalue weighted by Gasteiger charge is -2.26. The Balaban J connectivity index is 4.26. The lowest BCUT2D eigenvalue weighted by Crippen LogP contribution is -2.44. The molecule has 0 aliphatic carbocycles. The molecule has 0 aliphatic rings. The van der Waals surface area contributed by atoms with E-state index in [9.17, 15) is 19.5 Å². The van der Waals surface area contributed by atoms with Crippen LogP contribution in [0.25, 0.3) is 0 Å². The molecule has 0 rings (SSSR count). The Kier molecular flexibility index (Phi) is 48.7. The fourth-order valence-electron chi connectivity index (χ4n) is 7.62. The number of unbranched alkanes of at least 4 members (excludes halogenated alkanes) is 24. The predicted molar refractivity (Wildman–Crippen MR) is 288 cm³/mol. The number of esters is 2. The first-order valence-electron chi connectivity index (χ1n) is 28.1. The number of hydrogen-bond acceptors (Lipinski definition) is 8. The Morgan fingerprint density at radius 2 is 0.826 bits per heavy atom. The number of carbonyl (C=O) groups excluding carboxylic acids is 3. The van der Waals surface area contributed by atoms with Gasteiger partial charge in [0.25, 0.3) is 0 Å². The van der Waals surface area contributed by atoms with Crippen LogP contribution in [0.15, 0.2) is 72.9 Å². The second kappa shape index (κ2) is 51.1. The summed E-state index contributed by atoms with van der Waals surface area (Å²) in [5.41, 5.74) is 0. The first-order valence-corrected chi connectivity index (χ1v) is 28.1. The van der Waals surface area contributed by atoms with Crippen LogP contribution in [-0.4, -0.2) is 82.3 Å². The number of hydrogen-bond donors (Lipinski definition) is 0. The molecule has 9 nitrogen and oxygen atoms in total. The van der Waals surface area contributed by atoms with Crippen LogP contribution < -0.4 is 5.11 Å². The second-order valence-electron chi connectivity index (χ2n) is 19.8. The minimum absolute atomic E-state index is 0.144. The molecule has 0 aliphatic heterocycles. The normalized spacial score (nSPS) is 13.3. The highest BCUT2D eigenvalue weighted by molar-refractivity contribution is 5.70. The van der Waals surface area contributed by atoms with E-state index in [0.717, 1.165) is 89.9 Å². The number of carboxylic acids is 1. The van der Waals surface area contributed by atoms with Crippen LogP contribution in [0, 0.1) is 0 Å². The minimum atomic E-state index is -1.62. The van der Waals surface area contributed by atoms with Crippen molar-refractivity contribution in [3.63, 3.8) is 0 Å². The van der Waals surface area contributed by atoms with Crippen LogP contribution in [-0.2, 0) is 33.3 Å². The number of quaternary nitrogens is 1. The number of rotatable bonds is 51. The zero-order valence-electron chi connectivity index (χ0n) is 45.2. The lowest BCUT2D eigenvalue weighted by molar-refractivity contribution is -0.870. The number of likely N-dealkylation sites (N-methyl/N-ethyl adjacent to an activating group) is 1. The Hall–Kier alpha value is -3.27. The third-order valence-electron chi connectivity index (χ3n) is 11.9. The Morgan fingerprint density at radius 1 is 0.449 bits per heavy atom. The summed E-state index contributed by atoms with van der Waals surface area (Å²) in [7, 11) is 5.92. The van der Waals surface area contributed by atoms with E-state index in [0.29, 0.717) is 17.4 Å². The van der Waals surface area contributed by atoms with Crippen molar-refractivity contribution in [1.82, 2.24) is 0 Å². The topological polar surface area (TPSA) is 111 Å². The molecule has 0 saturated heterocycles. The molecule has 0 aromatic heterocycles. The van der Waals surface area contributed by atoms with Gasteiger partial charge in [-0.3, -0.25) is 9.59 Å². The summed E-state index contributed by atoms with van der Waals surface area (Å²) in [4.78, 5) is 37.2. The first-order chi connectivity index (χ1) is 33.6. The van der Waals surface area contributed by atoms with Gasteiger partial charge in [-0.05, 0) is 83.5 Å². The molecule has 9 heteroatoms. The molecule has 0 aromatic carbocycles. The number of carboxylic acid groups (broad SMARTS) is 1.